The first-order valence-corrected chi connectivity index (χ1v) is 6.88. The number of esters is 1. The molecular formula is C14H22O7. The monoisotopic (exact) mass is 302 g/mol. The number of carbonyl (C=O) groups is 1. The van der Waals surface area contributed by atoms with Gasteiger partial charge in [0.2, 0.25) is 0 Å². The Morgan fingerprint density at radius 3 is 2.57 bits per heavy atom. The average Bonchev–Trinajstić information content (AvgIpc) is 2.90. The summed E-state index contributed by atoms with van der Waals surface area (Å²) in [6.45, 7) is 8.99. The normalized spacial score (nSPS) is 35.3. The van der Waals surface area contributed by atoms with Crippen molar-refractivity contribution < 1.29 is 33.6 Å². The molecule has 0 bridgehead atoms. The number of rotatable bonds is 5. The van der Waals surface area contributed by atoms with E-state index in [4.69, 9.17) is 23.7 Å². The van der Waals surface area contributed by atoms with Crippen LogP contribution in [0.3, 0.4) is 0 Å². The standard InChI is InChI=1S/C14H22O7/c1-6-18-12(16)7(2)8(15)9-10-11(13(17-5)19-9)21-14(3,4)20-10/h8-11,13,15H,2,6H2,1,3-5H3/t8-,9-,10+,11+,13+/m1/s1. The van der Waals surface area contributed by atoms with Crippen LogP contribution in [0.2, 0.25) is 0 Å². The molecule has 0 aromatic heterocycles. The van der Waals surface area contributed by atoms with E-state index in [0.717, 1.165) is 0 Å². The number of methoxy groups -OCH3 is 1. The molecule has 0 spiro atoms. The highest BCUT2D eigenvalue weighted by atomic mass is 16.8. The van der Waals surface area contributed by atoms with Crippen LogP contribution >= 0.6 is 0 Å². The molecule has 1 N–H and O–H groups in total. The highest BCUT2D eigenvalue weighted by Crippen LogP contribution is 2.40. The molecular weight excluding hydrogens is 280 g/mol. The summed E-state index contributed by atoms with van der Waals surface area (Å²) in [7, 11) is 1.48. The third-order valence-electron chi connectivity index (χ3n) is 3.49. The number of hydrogen-bond donors (Lipinski definition) is 1. The van der Waals surface area contributed by atoms with Gasteiger partial charge in [-0.05, 0) is 20.8 Å². The summed E-state index contributed by atoms with van der Waals surface area (Å²) in [5, 5.41) is 10.3. The van der Waals surface area contributed by atoms with Crippen LogP contribution in [0.15, 0.2) is 12.2 Å². The molecule has 0 aromatic rings. The number of aliphatic hydroxyl groups is 1. The van der Waals surface area contributed by atoms with Crippen molar-refractivity contribution >= 4 is 5.97 Å². The predicted octanol–water partition coefficient (Wildman–Crippen LogP) is 0.358. The van der Waals surface area contributed by atoms with E-state index in [-0.39, 0.29) is 12.2 Å². The van der Waals surface area contributed by atoms with Crippen LogP contribution in [0.4, 0.5) is 0 Å². The highest BCUT2D eigenvalue weighted by molar-refractivity contribution is 5.88. The van der Waals surface area contributed by atoms with Crippen molar-refractivity contribution in [1.29, 1.82) is 0 Å². The van der Waals surface area contributed by atoms with Crippen LogP contribution in [0.1, 0.15) is 20.8 Å². The molecule has 2 heterocycles. The molecule has 7 heteroatoms. The molecule has 2 fully saturated rings. The lowest BCUT2D eigenvalue weighted by molar-refractivity contribution is -0.234. The smallest absolute Gasteiger partial charge is 0.336 e. The number of ether oxygens (including phenoxy) is 5. The van der Waals surface area contributed by atoms with E-state index in [1.807, 2.05) is 0 Å². The predicted molar refractivity (Wildman–Crippen MR) is 71.3 cm³/mol. The summed E-state index contributed by atoms with van der Waals surface area (Å²) in [6.07, 6.45) is -3.76. The maximum atomic E-state index is 11.7. The first kappa shape index (κ1) is 16.4. The Labute approximate surface area is 123 Å². The van der Waals surface area contributed by atoms with Crippen molar-refractivity contribution in [3.05, 3.63) is 12.2 Å². The first-order chi connectivity index (χ1) is 9.80. The zero-order chi connectivity index (χ0) is 15.8. The SMILES string of the molecule is C=C(C(=O)OCC)[C@@H](O)[C@H]1O[C@H](OC)[C@H]2OC(C)(C)O[C@H]21. The van der Waals surface area contributed by atoms with Crippen molar-refractivity contribution in [3.8, 4) is 0 Å². The van der Waals surface area contributed by atoms with Gasteiger partial charge in [-0.25, -0.2) is 4.79 Å². The van der Waals surface area contributed by atoms with Crippen molar-refractivity contribution in [1.82, 2.24) is 0 Å². The molecule has 120 valence electrons. The second-order valence-corrected chi connectivity index (χ2v) is 5.46. The third kappa shape index (κ3) is 3.12. The summed E-state index contributed by atoms with van der Waals surface area (Å²) in [6, 6.07) is 0. The molecule has 0 amide bonds. The molecule has 2 rings (SSSR count). The van der Waals surface area contributed by atoms with Gasteiger partial charge in [0.1, 0.15) is 24.4 Å². The number of fused-ring (bicyclic) bond motifs is 1. The number of carbonyl (C=O) groups excluding carboxylic acids is 1. The van der Waals surface area contributed by atoms with Gasteiger partial charge in [0.25, 0.3) is 0 Å². The van der Waals surface area contributed by atoms with E-state index in [9.17, 15) is 9.90 Å². The Hall–Kier alpha value is -0.990. The van der Waals surface area contributed by atoms with Crippen LogP contribution in [0.5, 0.6) is 0 Å². The van der Waals surface area contributed by atoms with Crippen LogP contribution in [-0.2, 0) is 28.5 Å². The molecule has 21 heavy (non-hydrogen) atoms. The van der Waals surface area contributed by atoms with Crippen LogP contribution in [0, 0.1) is 0 Å². The molecule has 0 radical (unpaired) electrons. The van der Waals surface area contributed by atoms with Gasteiger partial charge in [-0.15, -0.1) is 0 Å². The van der Waals surface area contributed by atoms with Gasteiger partial charge in [-0.3, -0.25) is 0 Å². The molecule has 0 unspecified atom stereocenters. The zero-order valence-corrected chi connectivity index (χ0v) is 12.7. The van der Waals surface area contributed by atoms with Crippen molar-refractivity contribution in [3.63, 3.8) is 0 Å². The molecule has 5 atom stereocenters. The minimum absolute atomic E-state index is 0.0781. The maximum Gasteiger partial charge on any atom is 0.336 e. The summed E-state index contributed by atoms with van der Waals surface area (Å²) >= 11 is 0. The van der Waals surface area contributed by atoms with Gasteiger partial charge in [0.15, 0.2) is 12.1 Å². The van der Waals surface area contributed by atoms with E-state index < -0.39 is 42.5 Å². The fourth-order valence-corrected chi connectivity index (χ4v) is 2.58. The van der Waals surface area contributed by atoms with E-state index >= 15 is 0 Å². The van der Waals surface area contributed by atoms with E-state index in [1.54, 1.807) is 20.8 Å². The van der Waals surface area contributed by atoms with E-state index in [1.165, 1.54) is 7.11 Å². The Kier molecular flexibility index (Phi) is 4.69. The summed E-state index contributed by atoms with van der Waals surface area (Å²) in [5.41, 5.74) is -0.0781. The lowest BCUT2D eigenvalue weighted by Gasteiger charge is -2.26. The molecule has 7 nitrogen and oxygen atoms in total. The second-order valence-electron chi connectivity index (χ2n) is 5.46. The van der Waals surface area contributed by atoms with Gasteiger partial charge in [0.05, 0.1) is 12.2 Å². The van der Waals surface area contributed by atoms with Gasteiger partial charge < -0.3 is 28.8 Å². The summed E-state index contributed by atoms with van der Waals surface area (Å²) in [5.74, 6) is -1.47. The lowest BCUT2D eigenvalue weighted by Crippen LogP contribution is -2.41. The molecule has 0 saturated carbocycles. The maximum absolute atomic E-state index is 11.7. The Balaban J connectivity index is 2.12. The second kappa shape index (κ2) is 6.02. The van der Waals surface area contributed by atoms with Crippen molar-refractivity contribution in [2.75, 3.05) is 13.7 Å². The first-order valence-electron chi connectivity index (χ1n) is 6.88. The number of hydrogen-bond acceptors (Lipinski definition) is 7. The highest BCUT2D eigenvalue weighted by Gasteiger charge is 2.58. The van der Waals surface area contributed by atoms with E-state index in [0.29, 0.717) is 0 Å². The minimum atomic E-state index is -1.26. The van der Waals surface area contributed by atoms with Crippen LogP contribution < -0.4 is 0 Å². The van der Waals surface area contributed by atoms with E-state index in [2.05, 4.69) is 6.58 Å². The Morgan fingerprint density at radius 1 is 1.38 bits per heavy atom. The average molecular weight is 302 g/mol. The van der Waals surface area contributed by atoms with Gasteiger partial charge in [-0.2, -0.15) is 0 Å². The zero-order valence-electron chi connectivity index (χ0n) is 12.7. The Morgan fingerprint density at radius 2 is 2.00 bits per heavy atom. The fourth-order valence-electron chi connectivity index (χ4n) is 2.58. The minimum Gasteiger partial charge on any atom is -0.463 e. The van der Waals surface area contributed by atoms with Crippen molar-refractivity contribution in [2.45, 2.75) is 57.3 Å². The largest absolute Gasteiger partial charge is 0.463 e. The Bertz CT molecular complexity index is 420. The van der Waals surface area contributed by atoms with Crippen LogP contribution in [-0.4, -0.2) is 61.3 Å². The fraction of sp³-hybridized carbons (Fsp3) is 0.786. The van der Waals surface area contributed by atoms with Crippen molar-refractivity contribution in [2.24, 2.45) is 0 Å². The summed E-state index contributed by atoms with van der Waals surface area (Å²) < 4.78 is 27.1. The van der Waals surface area contributed by atoms with Crippen LogP contribution in [0.25, 0.3) is 0 Å². The molecule has 2 aliphatic rings. The topological polar surface area (TPSA) is 83.5 Å². The lowest BCUT2D eigenvalue weighted by atomic mass is 10.0. The molecule has 2 aliphatic heterocycles. The van der Waals surface area contributed by atoms with Gasteiger partial charge >= 0.3 is 5.97 Å². The molecule has 2 saturated heterocycles. The summed E-state index contributed by atoms with van der Waals surface area (Å²) in [4.78, 5) is 11.7. The quantitative estimate of drug-likeness (QED) is 0.580. The van der Waals surface area contributed by atoms with Gasteiger partial charge in [-0.1, -0.05) is 6.58 Å². The third-order valence-corrected chi connectivity index (χ3v) is 3.49. The number of aliphatic hydroxyl groups excluding tert-OH is 1. The molecule has 0 aromatic carbocycles. The van der Waals surface area contributed by atoms with Gasteiger partial charge in [0, 0.05) is 7.11 Å². The molecule has 0 aliphatic carbocycles.